The van der Waals surface area contributed by atoms with Crippen LogP contribution in [-0.2, 0) is 10.0 Å². The van der Waals surface area contributed by atoms with E-state index in [0.717, 1.165) is 32.2 Å². The summed E-state index contributed by atoms with van der Waals surface area (Å²) in [7, 11) is -3.56. The third kappa shape index (κ3) is 4.08. The number of nitrogens with zero attached hydrogens (tertiary/aromatic N) is 1. The second kappa shape index (κ2) is 6.94. The van der Waals surface area contributed by atoms with Gasteiger partial charge >= 0.3 is 0 Å². The Labute approximate surface area is 131 Å². The maximum absolute atomic E-state index is 12.4. The summed E-state index contributed by atoms with van der Waals surface area (Å²) in [5.74, 6) is 0.889. The van der Waals surface area contributed by atoms with Crippen molar-refractivity contribution in [2.75, 3.05) is 11.9 Å². The maximum atomic E-state index is 12.4. The Kier molecular flexibility index (Phi) is 5.46. The lowest BCUT2D eigenvalue weighted by Gasteiger charge is -2.17. The second-order valence-electron chi connectivity index (χ2n) is 5.56. The van der Waals surface area contributed by atoms with Gasteiger partial charge < -0.3 is 5.32 Å². The van der Waals surface area contributed by atoms with E-state index in [1.165, 1.54) is 12.3 Å². The minimum Gasteiger partial charge on any atom is -0.369 e. The number of halogens is 1. The molecular formula is C14H22ClN3O2S. The van der Waals surface area contributed by atoms with Crippen molar-refractivity contribution in [1.29, 1.82) is 0 Å². The van der Waals surface area contributed by atoms with Crippen molar-refractivity contribution < 1.29 is 8.42 Å². The van der Waals surface area contributed by atoms with E-state index in [1.807, 2.05) is 6.92 Å². The van der Waals surface area contributed by atoms with Crippen LogP contribution in [0.2, 0.25) is 5.02 Å². The predicted molar refractivity (Wildman–Crippen MR) is 85.2 cm³/mol. The number of hydrogen-bond donors (Lipinski definition) is 2. The van der Waals surface area contributed by atoms with Gasteiger partial charge in [0.15, 0.2) is 0 Å². The van der Waals surface area contributed by atoms with E-state index in [0.29, 0.717) is 16.8 Å². The van der Waals surface area contributed by atoms with Crippen LogP contribution in [0.1, 0.15) is 39.5 Å². The number of hydrogen-bond acceptors (Lipinski definition) is 4. The lowest BCUT2D eigenvalue weighted by atomic mass is 10.1. The fraction of sp³-hybridized carbons (Fsp3) is 0.643. The van der Waals surface area contributed by atoms with Crippen LogP contribution in [0.3, 0.4) is 0 Å². The average Bonchev–Trinajstić information content (AvgIpc) is 2.82. The molecule has 0 bridgehead atoms. The Balaban J connectivity index is 2.14. The van der Waals surface area contributed by atoms with E-state index in [1.54, 1.807) is 0 Å². The van der Waals surface area contributed by atoms with E-state index < -0.39 is 10.0 Å². The monoisotopic (exact) mass is 331 g/mol. The lowest BCUT2D eigenvalue weighted by molar-refractivity contribution is 0.476. The van der Waals surface area contributed by atoms with Gasteiger partial charge in [-0.05, 0) is 31.2 Å². The first-order valence-corrected chi connectivity index (χ1v) is 9.22. The molecule has 0 amide bonds. The normalized spacial score (nSPS) is 22.4. The zero-order chi connectivity index (χ0) is 15.5. The van der Waals surface area contributed by atoms with Gasteiger partial charge in [0.25, 0.3) is 0 Å². The Morgan fingerprint density at radius 2 is 2.19 bits per heavy atom. The van der Waals surface area contributed by atoms with Gasteiger partial charge in [0.05, 0.1) is 5.02 Å². The van der Waals surface area contributed by atoms with Gasteiger partial charge in [-0.2, -0.15) is 0 Å². The van der Waals surface area contributed by atoms with Gasteiger partial charge in [0, 0.05) is 18.8 Å². The maximum Gasteiger partial charge on any atom is 0.242 e. The molecule has 0 saturated heterocycles. The summed E-state index contributed by atoms with van der Waals surface area (Å²) in [6.45, 7) is 4.85. The van der Waals surface area contributed by atoms with Crippen LogP contribution in [0.25, 0.3) is 0 Å². The first kappa shape index (κ1) is 16.5. The van der Waals surface area contributed by atoms with Gasteiger partial charge in [0.1, 0.15) is 10.7 Å². The van der Waals surface area contributed by atoms with Crippen LogP contribution in [0.15, 0.2) is 17.2 Å². The van der Waals surface area contributed by atoms with Crippen molar-refractivity contribution in [2.45, 2.75) is 50.5 Å². The fourth-order valence-corrected chi connectivity index (χ4v) is 4.18. The molecule has 1 aliphatic carbocycles. The van der Waals surface area contributed by atoms with Gasteiger partial charge in [-0.15, -0.1) is 0 Å². The van der Waals surface area contributed by atoms with Crippen LogP contribution in [0.4, 0.5) is 5.82 Å². The quantitative estimate of drug-likeness (QED) is 0.840. The third-order valence-electron chi connectivity index (χ3n) is 3.84. The number of nitrogens with one attached hydrogen (secondary N) is 2. The second-order valence-corrected chi connectivity index (χ2v) is 7.69. The molecule has 1 aromatic rings. The van der Waals surface area contributed by atoms with Crippen LogP contribution in [-0.4, -0.2) is 26.0 Å². The molecule has 118 valence electrons. The number of sulfonamides is 1. The van der Waals surface area contributed by atoms with Crippen molar-refractivity contribution in [3.63, 3.8) is 0 Å². The molecule has 1 aliphatic rings. The minimum atomic E-state index is -3.56. The number of anilines is 1. The summed E-state index contributed by atoms with van der Waals surface area (Å²) in [5, 5.41) is 3.39. The van der Waals surface area contributed by atoms with Crippen LogP contribution in [0.5, 0.6) is 0 Å². The standard InChI is InChI=1S/C14H22ClN3O2S/c1-3-7-16-14-12(15)8-11(9-17-14)21(19,20)18-13-6-4-5-10(13)2/h8-10,13,18H,3-7H2,1-2H3,(H,16,17). The zero-order valence-electron chi connectivity index (χ0n) is 12.4. The molecule has 1 heterocycles. The molecule has 0 radical (unpaired) electrons. The summed E-state index contributed by atoms with van der Waals surface area (Å²) >= 11 is 6.10. The van der Waals surface area contributed by atoms with Crippen molar-refractivity contribution in [3.05, 3.63) is 17.3 Å². The molecule has 7 heteroatoms. The number of pyridine rings is 1. The van der Waals surface area contributed by atoms with Gasteiger partial charge in [-0.1, -0.05) is 31.9 Å². The van der Waals surface area contributed by atoms with E-state index in [2.05, 4.69) is 21.9 Å². The van der Waals surface area contributed by atoms with Crippen molar-refractivity contribution >= 4 is 27.4 Å². The topological polar surface area (TPSA) is 71.1 Å². The van der Waals surface area contributed by atoms with E-state index in [4.69, 9.17) is 11.6 Å². The highest BCUT2D eigenvalue weighted by atomic mass is 35.5. The summed E-state index contributed by atoms with van der Waals surface area (Å²) in [6, 6.07) is 1.46. The third-order valence-corrected chi connectivity index (χ3v) is 5.58. The SMILES string of the molecule is CCCNc1ncc(S(=O)(=O)NC2CCCC2C)cc1Cl. The molecule has 5 nitrogen and oxygen atoms in total. The molecule has 1 saturated carbocycles. The Morgan fingerprint density at radius 1 is 1.43 bits per heavy atom. The molecule has 2 atom stereocenters. The fourth-order valence-electron chi connectivity index (χ4n) is 2.53. The van der Waals surface area contributed by atoms with Crippen molar-refractivity contribution in [3.8, 4) is 0 Å². The highest BCUT2D eigenvalue weighted by Crippen LogP contribution is 2.27. The molecule has 21 heavy (non-hydrogen) atoms. The van der Waals surface area contributed by atoms with Crippen LogP contribution >= 0.6 is 11.6 Å². The Hall–Kier alpha value is -0.850. The predicted octanol–water partition coefficient (Wildman–Crippen LogP) is 3.02. The van der Waals surface area contributed by atoms with Gasteiger partial charge in [-0.3, -0.25) is 0 Å². The molecular weight excluding hydrogens is 310 g/mol. The van der Waals surface area contributed by atoms with Crippen LogP contribution in [0, 0.1) is 5.92 Å². The largest absolute Gasteiger partial charge is 0.369 e. The highest BCUT2D eigenvalue weighted by Gasteiger charge is 2.28. The van der Waals surface area contributed by atoms with E-state index in [-0.39, 0.29) is 10.9 Å². The van der Waals surface area contributed by atoms with Crippen molar-refractivity contribution in [1.82, 2.24) is 9.71 Å². The molecule has 2 rings (SSSR count). The average molecular weight is 332 g/mol. The molecule has 1 fully saturated rings. The molecule has 2 unspecified atom stereocenters. The van der Waals surface area contributed by atoms with Crippen molar-refractivity contribution in [2.24, 2.45) is 5.92 Å². The highest BCUT2D eigenvalue weighted by molar-refractivity contribution is 7.89. The van der Waals surface area contributed by atoms with E-state index >= 15 is 0 Å². The summed E-state index contributed by atoms with van der Waals surface area (Å²) < 4.78 is 27.5. The number of aromatic nitrogens is 1. The molecule has 0 aliphatic heterocycles. The van der Waals surface area contributed by atoms with Gasteiger partial charge in [0.2, 0.25) is 10.0 Å². The number of rotatable bonds is 6. The molecule has 0 spiro atoms. The molecule has 2 N–H and O–H groups in total. The summed E-state index contributed by atoms with van der Waals surface area (Å²) in [6.07, 6.45) is 5.31. The zero-order valence-corrected chi connectivity index (χ0v) is 14.0. The Morgan fingerprint density at radius 3 is 2.76 bits per heavy atom. The molecule has 1 aromatic heterocycles. The Bertz CT molecular complexity index is 592. The summed E-state index contributed by atoms with van der Waals surface area (Å²) in [4.78, 5) is 4.23. The van der Waals surface area contributed by atoms with E-state index in [9.17, 15) is 8.42 Å². The lowest BCUT2D eigenvalue weighted by Crippen LogP contribution is -2.36. The van der Waals surface area contributed by atoms with Gasteiger partial charge in [-0.25, -0.2) is 18.1 Å². The smallest absolute Gasteiger partial charge is 0.242 e. The first-order valence-electron chi connectivity index (χ1n) is 7.35. The summed E-state index contributed by atoms with van der Waals surface area (Å²) in [5.41, 5.74) is 0. The minimum absolute atomic E-state index is 0.00617. The molecule has 0 aromatic carbocycles. The first-order chi connectivity index (χ1) is 9.94. The van der Waals surface area contributed by atoms with Crippen LogP contribution < -0.4 is 10.0 Å².